The zero-order valence-corrected chi connectivity index (χ0v) is 16.4. The molecule has 3 heterocycles. The van der Waals surface area contributed by atoms with Crippen LogP contribution in [0.15, 0.2) is 99.2 Å². The topological polar surface area (TPSA) is 56.7 Å². The van der Waals surface area contributed by atoms with Gasteiger partial charge in [0, 0.05) is 74.9 Å². The molecule has 4 nitrogen and oxygen atoms in total. The number of pyridine rings is 2. The first-order valence-electron chi connectivity index (χ1n) is 8.41. The molecule has 0 saturated heterocycles. The summed E-state index contributed by atoms with van der Waals surface area (Å²) in [5.41, 5.74) is 9.28. The maximum Gasteiger partial charge on any atom is 0.0574 e. The van der Waals surface area contributed by atoms with Crippen LogP contribution in [0, 0.1) is 0 Å². The van der Waals surface area contributed by atoms with Gasteiger partial charge in [-0.25, -0.2) is 0 Å². The molecule has 134 valence electrons. The van der Waals surface area contributed by atoms with E-state index in [-0.39, 0.29) is 0 Å². The van der Waals surface area contributed by atoms with Gasteiger partial charge >= 0.3 is 0 Å². The second kappa shape index (κ2) is 7.90. The number of aryl methyl sites for hydroxylation is 1. The van der Waals surface area contributed by atoms with Crippen LogP contribution in [0.2, 0.25) is 0 Å². The smallest absolute Gasteiger partial charge is 0.0574 e. The molecule has 0 spiro atoms. The third kappa shape index (κ3) is 4.02. The molecule has 0 aliphatic heterocycles. The standard InChI is InChI=1S/C21H18N4S2/c1-25-13-17(18(22)14-25)21-19(26-15-5-3-9-23-11-15)7-2-8-20(21)27-16-6-4-10-24-12-16/h2-14H,22H2,1H3. The van der Waals surface area contributed by atoms with Gasteiger partial charge in [0.2, 0.25) is 0 Å². The zero-order valence-electron chi connectivity index (χ0n) is 14.7. The Morgan fingerprint density at radius 2 is 1.41 bits per heavy atom. The highest BCUT2D eigenvalue weighted by Gasteiger charge is 2.17. The van der Waals surface area contributed by atoms with Crippen molar-refractivity contribution in [3.63, 3.8) is 0 Å². The molecule has 0 amide bonds. The van der Waals surface area contributed by atoms with E-state index < -0.39 is 0 Å². The summed E-state index contributed by atoms with van der Waals surface area (Å²) in [5.74, 6) is 0. The molecular formula is C21H18N4S2. The van der Waals surface area contributed by atoms with Crippen LogP contribution in [0.1, 0.15) is 0 Å². The molecule has 0 fully saturated rings. The SMILES string of the molecule is Cn1cc(N)c(-c2c(Sc3cccnc3)cccc2Sc2cccnc2)c1. The molecule has 4 aromatic rings. The highest BCUT2D eigenvalue weighted by atomic mass is 32.2. The van der Waals surface area contributed by atoms with Crippen molar-refractivity contribution in [1.29, 1.82) is 0 Å². The molecule has 6 heteroatoms. The van der Waals surface area contributed by atoms with Crippen molar-refractivity contribution in [2.24, 2.45) is 7.05 Å². The molecule has 2 N–H and O–H groups in total. The number of benzene rings is 1. The van der Waals surface area contributed by atoms with Crippen LogP contribution in [0.4, 0.5) is 5.69 Å². The molecule has 0 unspecified atom stereocenters. The van der Waals surface area contributed by atoms with Gasteiger partial charge in [0.25, 0.3) is 0 Å². The Morgan fingerprint density at radius 1 is 0.815 bits per heavy atom. The summed E-state index contributed by atoms with van der Waals surface area (Å²) < 4.78 is 1.99. The van der Waals surface area contributed by atoms with Crippen molar-refractivity contribution >= 4 is 29.2 Å². The van der Waals surface area contributed by atoms with Crippen LogP contribution in [-0.2, 0) is 7.05 Å². The van der Waals surface area contributed by atoms with E-state index in [0.717, 1.165) is 36.4 Å². The van der Waals surface area contributed by atoms with Crippen LogP contribution >= 0.6 is 23.5 Å². The van der Waals surface area contributed by atoms with Crippen molar-refractivity contribution in [3.05, 3.63) is 79.6 Å². The fourth-order valence-electron chi connectivity index (χ4n) is 2.83. The number of nitrogens with two attached hydrogens (primary N) is 1. The fourth-order valence-corrected chi connectivity index (χ4v) is 4.86. The van der Waals surface area contributed by atoms with E-state index in [4.69, 9.17) is 5.73 Å². The minimum Gasteiger partial charge on any atom is -0.397 e. The van der Waals surface area contributed by atoms with Crippen molar-refractivity contribution < 1.29 is 0 Å². The third-order valence-corrected chi connectivity index (χ3v) is 6.04. The molecule has 1 aromatic carbocycles. The summed E-state index contributed by atoms with van der Waals surface area (Å²) in [5, 5.41) is 0. The summed E-state index contributed by atoms with van der Waals surface area (Å²) in [6, 6.07) is 14.4. The lowest BCUT2D eigenvalue weighted by atomic mass is 10.1. The van der Waals surface area contributed by atoms with E-state index in [9.17, 15) is 0 Å². The summed E-state index contributed by atoms with van der Waals surface area (Å²) >= 11 is 3.39. The highest BCUT2D eigenvalue weighted by molar-refractivity contribution is 8.00. The molecule has 27 heavy (non-hydrogen) atoms. The Balaban J connectivity index is 1.83. The molecule has 0 saturated carbocycles. The molecule has 0 atom stereocenters. The second-order valence-electron chi connectivity index (χ2n) is 6.00. The number of rotatable bonds is 5. The molecule has 0 aliphatic carbocycles. The van der Waals surface area contributed by atoms with Crippen LogP contribution in [0.5, 0.6) is 0 Å². The average Bonchev–Trinajstić information content (AvgIpc) is 3.01. The number of nitrogen functional groups attached to an aromatic ring is 1. The van der Waals surface area contributed by atoms with Gasteiger partial charge in [0.05, 0.1) is 5.69 Å². The lowest BCUT2D eigenvalue weighted by Crippen LogP contribution is -1.90. The summed E-state index contributed by atoms with van der Waals surface area (Å²) in [4.78, 5) is 12.9. The van der Waals surface area contributed by atoms with Crippen LogP contribution < -0.4 is 5.73 Å². The predicted molar refractivity (Wildman–Crippen MR) is 112 cm³/mol. The van der Waals surface area contributed by atoms with Crippen molar-refractivity contribution in [2.45, 2.75) is 19.6 Å². The molecular weight excluding hydrogens is 372 g/mol. The van der Waals surface area contributed by atoms with Crippen LogP contribution in [-0.4, -0.2) is 14.5 Å². The van der Waals surface area contributed by atoms with E-state index in [1.165, 1.54) is 0 Å². The summed E-state index contributed by atoms with van der Waals surface area (Å²) in [7, 11) is 1.99. The maximum absolute atomic E-state index is 6.33. The van der Waals surface area contributed by atoms with Crippen LogP contribution in [0.3, 0.4) is 0 Å². The molecule has 0 bridgehead atoms. The van der Waals surface area contributed by atoms with Gasteiger partial charge in [-0.05, 0) is 36.4 Å². The second-order valence-corrected chi connectivity index (χ2v) is 8.23. The van der Waals surface area contributed by atoms with Gasteiger partial charge in [-0.1, -0.05) is 29.6 Å². The van der Waals surface area contributed by atoms with Gasteiger partial charge in [-0.15, -0.1) is 0 Å². The first-order valence-corrected chi connectivity index (χ1v) is 10.0. The van der Waals surface area contributed by atoms with E-state index in [1.54, 1.807) is 35.9 Å². The number of aromatic nitrogens is 3. The van der Waals surface area contributed by atoms with Gasteiger partial charge in [-0.2, -0.15) is 0 Å². The van der Waals surface area contributed by atoms with Gasteiger partial charge in [0.15, 0.2) is 0 Å². The molecule has 4 rings (SSSR count). The number of hydrogen-bond donors (Lipinski definition) is 1. The quantitative estimate of drug-likeness (QED) is 0.497. The van der Waals surface area contributed by atoms with Crippen molar-refractivity contribution in [2.75, 3.05) is 5.73 Å². The van der Waals surface area contributed by atoms with E-state index in [1.807, 2.05) is 42.3 Å². The normalized spacial score (nSPS) is 10.9. The Kier molecular flexibility index (Phi) is 5.18. The number of anilines is 1. The monoisotopic (exact) mass is 390 g/mol. The number of nitrogens with zero attached hydrogens (tertiary/aromatic N) is 3. The van der Waals surface area contributed by atoms with E-state index >= 15 is 0 Å². The Hall–Kier alpha value is -2.70. The Bertz CT molecular complexity index is 987. The molecule has 0 radical (unpaired) electrons. The van der Waals surface area contributed by atoms with Gasteiger partial charge < -0.3 is 10.3 Å². The minimum absolute atomic E-state index is 0.768. The summed E-state index contributed by atoms with van der Waals surface area (Å²) in [6.45, 7) is 0. The number of hydrogen-bond acceptors (Lipinski definition) is 5. The largest absolute Gasteiger partial charge is 0.397 e. The first-order chi connectivity index (χ1) is 13.2. The Morgan fingerprint density at radius 3 is 1.85 bits per heavy atom. The van der Waals surface area contributed by atoms with Crippen molar-refractivity contribution in [3.8, 4) is 11.1 Å². The van der Waals surface area contributed by atoms with Crippen molar-refractivity contribution in [1.82, 2.24) is 14.5 Å². The first kappa shape index (κ1) is 17.7. The van der Waals surface area contributed by atoms with Gasteiger partial charge in [0.1, 0.15) is 0 Å². The lowest BCUT2D eigenvalue weighted by Gasteiger charge is -2.14. The lowest BCUT2D eigenvalue weighted by molar-refractivity contribution is 0.929. The highest BCUT2D eigenvalue weighted by Crippen LogP contribution is 2.45. The fraction of sp³-hybridized carbons (Fsp3) is 0.0476. The van der Waals surface area contributed by atoms with Crippen LogP contribution in [0.25, 0.3) is 11.1 Å². The third-order valence-electron chi connectivity index (χ3n) is 3.97. The van der Waals surface area contributed by atoms with E-state index in [0.29, 0.717) is 0 Å². The van der Waals surface area contributed by atoms with E-state index in [2.05, 4.69) is 46.5 Å². The van der Waals surface area contributed by atoms with Gasteiger partial charge in [-0.3, -0.25) is 9.97 Å². The summed E-state index contributed by atoms with van der Waals surface area (Å²) in [6.07, 6.45) is 11.3. The average molecular weight is 391 g/mol. The Labute approximate surface area is 166 Å². The zero-order chi connectivity index (χ0) is 18.6. The maximum atomic E-state index is 6.33. The molecule has 3 aromatic heterocycles. The minimum atomic E-state index is 0.768. The predicted octanol–water partition coefficient (Wildman–Crippen LogP) is 5.37. The molecule has 0 aliphatic rings.